The lowest BCUT2D eigenvalue weighted by Gasteiger charge is -2.22. The molecule has 1 N–H and O–H groups in total. The molecule has 0 bridgehead atoms. The van der Waals surface area contributed by atoms with Crippen molar-refractivity contribution in [3.8, 4) is 0 Å². The zero-order valence-electron chi connectivity index (χ0n) is 5.92. The van der Waals surface area contributed by atoms with Gasteiger partial charge >= 0.3 is 0 Å². The molecule has 50 valence electrons. The monoisotopic (exact) mass is 135 g/mol. The predicted octanol–water partition coefficient (Wildman–Crippen LogP) is 0.913. The van der Waals surface area contributed by atoms with Crippen LogP contribution in [0.2, 0.25) is 0 Å². The summed E-state index contributed by atoms with van der Waals surface area (Å²) in [6.07, 6.45) is 0. The molecule has 0 heterocycles. The zero-order chi connectivity index (χ0) is 6.73. The van der Waals surface area contributed by atoms with Crippen LogP contribution in [0.5, 0.6) is 0 Å². The highest BCUT2D eigenvalue weighted by atomic mass is 31.1. The van der Waals surface area contributed by atoms with Gasteiger partial charge in [0.2, 0.25) is 0 Å². The predicted molar refractivity (Wildman–Crippen MR) is 38.2 cm³/mol. The van der Waals surface area contributed by atoms with E-state index in [1.54, 1.807) is 0 Å². The van der Waals surface area contributed by atoms with Crippen LogP contribution in [0.4, 0.5) is 0 Å². The molecule has 0 radical (unpaired) electrons. The number of aliphatic hydroxyl groups is 1. The Bertz CT molecular complexity index is 57.4. The summed E-state index contributed by atoms with van der Waals surface area (Å²) in [7, 11) is 3.66. The average molecular weight is 135 g/mol. The van der Waals surface area contributed by atoms with Crippen molar-refractivity contribution in [2.75, 3.05) is 20.8 Å². The van der Waals surface area contributed by atoms with Crippen LogP contribution < -0.4 is 0 Å². The van der Waals surface area contributed by atoms with E-state index >= 15 is 0 Å². The first-order chi connectivity index (χ1) is 3.55. The van der Waals surface area contributed by atoms with Crippen molar-refractivity contribution in [3.63, 3.8) is 0 Å². The number of aliphatic hydroxyl groups excluding tert-OH is 1. The SMILES string of the molecule is C[C@H](O)P(C)N(C)C. The second-order valence-electron chi connectivity index (χ2n) is 2.05. The van der Waals surface area contributed by atoms with Crippen molar-refractivity contribution < 1.29 is 5.11 Å². The molecule has 0 rings (SSSR count). The zero-order valence-corrected chi connectivity index (χ0v) is 6.81. The van der Waals surface area contributed by atoms with Gasteiger partial charge in [-0.25, -0.2) is 0 Å². The minimum atomic E-state index is -0.310. The van der Waals surface area contributed by atoms with E-state index in [2.05, 4.69) is 11.3 Å². The van der Waals surface area contributed by atoms with E-state index in [0.717, 1.165) is 0 Å². The van der Waals surface area contributed by atoms with Crippen LogP contribution in [-0.2, 0) is 0 Å². The molecule has 0 aromatic heterocycles. The van der Waals surface area contributed by atoms with E-state index < -0.39 is 0 Å². The molecule has 0 fully saturated rings. The molecular formula is C5H14NOP. The Labute approximate surface area is 52.3 Å². The van der Waals surface area contributed by atoms with E-state index in [9.17, 15) is 0 Å². The number of hydrogen-bond donors (Lipinski definition) is 1. The Morgan fingerprint density at radius 3 is 1.88 bits per heavy atom. The number of hydrogen-bond acceptors (Lipinski definition) is 2. The molecule has 1 unspecified atom stereocenters. The highest BCUT2D eigenvalue weighted by Gasteiger charge is 2.08. The molecule has 8 heavy (non-hydrogen) atoms. The van der Waals surface area contributed by atoms with Crippen molar-refractivity contribution in [2.24, 2.45) is 0 Å². The molecule has 0 saturated carbocycles. The first kappa shape index (κ1) is 8.35. The number of rotatable bonds is 2. The largest absolute Gasteiger partial charge is 0.388 e. The van der Waals surface area contributed by atoms with Crippen LogP contribution in [0, 0.1) is 0 Å². The van der Waals surface area contributed by atoms with Crippen LogP contribution in [0.15, 0.2) is 0 Å². The van der Waals surface area contributed by atoms with E-state index in [1.807, 2.05) is 21.0 Å². The summed E-state index contributed by atoms with van der Waals surface area (Å²) in [5, 5.41) is 8.98. The average Bonchev–Trinajstić information content (AvgIpc) is 1.64. The summed E-state index contributed by atoms with van der Waals surface area (Å²) in [5.41, 5.74) is 0. The Morgan fingerprint density at radius 1 is 1.50 bits per heavy atom. The summed E-state index contributed by atoms with van der Waals surface area (Å²) in [6.45, 7) is 3.88. The van der Waals surface area contributed by atoms with Crippen LogP contribution in [-0.4, -0.2) is 36.4 Å². The summed E-state index contributed by atoms with van der Waals surface area (Å²) in [4.78, 5) is 0. The molecule has 0 saturated heterocycles. The van der Waals surface area contributed by atoms with Crippen molar-refractivity contribution in [2.45, 2.75) is 12.8 Å². The molecule has 0 aliphatic carbocycles. The van der Waals surface area contributed by atoms with Crippen molar-refractivity contribution in [1.29, 1.82) is 0 Å². The van der Waals surface area contributed by atoms with Gasteiger partial charge < -0.3 is 5.11 Å². The van der Waals surface area contributed by atoms with Gasteiger partial charge in [-0.2, -0.15) is 0 Å². The van der Waals surface area contributed by atoms with Gasteiger partial charge in [0.05, 0.1) is 5.85 Å². The minimum absolute atomic E-state index is 0.167. The van der Waals surface area contributed by atoms with E-state index in [-0.39, 0.29) is 13.9 Å². The minimum Gasteiger partial charge on any atom is -0.388 e. The van der Waals surface area contributed by atoms with Gasteiger partial charge in [0.1, 0.15) is 0 Å². The Morgan fingerprint density at radius 2 is 1.88 bits per heavy atom. The maximum Gasteiger partial charge on any atom is 0.0836 e. The van der Waals surface area contributed by atoms with E-state index in [4.69, 9.17) is 5.11 Å². The first-order valence-electron chi connectivity index (χ1n) is 2.64. The van der Waals surface area contributed by atoms with Crippen molar-refractivity contribution in [3.05, 3.63) is 0 Å². The molecular weight excluding hydrogens is 121 g/mol. The second-order valence-corrected chi connectivity index (χ2v) is 4.75. The Hall–Kier alpha value is 0.350. The van der Waals surface area contributed by atoms with E-state index in [0.29, 0.717) is 0 Å². The molecule has 2 atom stereocenters. The maximum atomic E-state index is 8.98. The second kappa shape index (κ2) is 3.39. The first-order valence-corrected chi connectivity index (χ1v) is 4.45. The van der Waals surface area contributed by atoms with Crippen LogP contribution in [0.25, 0.3) is 0 Å². The third-order valence-electron chi connectivity index (χ3n) is 1.17. The lowest BCUT2D eigenvalue weighted by atomic mass is 10.9. The number of nitrogens with zero attached hydrogens (tertiary/aromatic N) is 1. The van der Waals surface area contributed by atoms with Crippen molar-refractivity contribution in [1.82, 2.24) is 4.67 Å². The summed E-state index contributed by atoms with van der Waals surface area (Å²) in [5.74, 6) is -0.167. The summed E-state index contributed by atoms with van der Waals surface area (Å²) >= 11 is 0. The molecule has 0 aromatic carbocycles. The maximum absolute atomic E-state index is 8.98. The molecule has 0 aliphatic heterocycles. The molecule has 0 aliphatic rings. The fourth-order valence-corrected chi connectivity index (χ4v) is 1.00. The Balaban J connectivity index is 3.46. The van der Waals surface area contributed by atoms with Crippen LogP contribution in [0.3, 0.4) is 0 Å². The fraction of sp³-hybridized carbons (Fsp3) is 1.00. The lowest BCUT2D eigenvalue weighted by Crippen LogP contribution is -2.11. The summed E-state index contributed by atoms with van der Waals surface area (Å²) < 4.78 is 2.06. The fourth-order valence-electron chi connectivity index (χ4n) is 0.334. The molecule has 3 heteroatoms. The molecule has 0 spiro atoms. The van der Waals surface area contributed by atoms with Gasteiger partial charge in [0.25, 0.3) is 0 Å². The van der Waals surface area contributed by atoms with Gasteiger partial charge in [-0.15, -0.1) is 0 Å². The highest BCUT2D eigenvalue weighted by Crippen LogP contribution is 2.36. The molecule has 0 amide bonds. The van der Waals surface area contributed by atoms with Gasteiger partial charge in [-0.3, -0.25) is 4.67 Å². The van der Waals surface area contributed by atoms with Gasteiger partial charge in [-0.05, 0) is 35.8 Å². The lowest BCUT2D eigenvalue weighted by molar-refractivity contribution is 0.272. The standard InChI is InChI=1S/C5H14NOP/c1-5(7)8(4)6(2)3/h5,7H,1-4H3/t5-,8?/m1/s1. The van der Waals surface area contributed by atoms with Gasteiger partial charge in [0.15, 0.2) is 0 Å². The third-order valence-corrected chi connectivity index (χ3v) is 3.52. The third kappa shape index (κ3) is 2.61. The Kier molecular flexibility index (Phi) is 3.54. The molecule has 0 aromatic rings. The van der Waals surface area contributed by atoms with Crippen LogP contribution >= 0.6 is 8.07 Å². The highest BCUT2D eigenvalue weighted by molar-refractivity contribution is 7.54. The van der Waals surface area contributed by atoms with Crippen LogP contribution in [0.1, 0.15) is 6.92 Å². The topological polar surface area (TPSA) is 23.5 Å². The van der Waals surface area contributed by atoms with Gasteiger partial charge in [0, 0.05) is 0 Å². The normalized spacial score (nSPS) is 18.8. The molecule has 2 nitrogen and oxygen atoms in total. The quantitative estimate of drug-likeness (QED) is 0.569. The smallest absolute Gasteiger partial charge is 0.0836 e. The summed E-state index contributed by atoms with van der Waals surface area (Å²) in [6, 6.07) is 0. The van der Waals surface area contributed by atoms with E-state index in [1.165, 1.54) is 0 Å². The van der Waals surface area contributed by atoms with Gasteiger partial charge in [-0.1, -0.05) is 0 Å². The van der Waals surface area contributed by atoms with Crippen molar-refractivity contribution >= 4 is 8.07 Å².